The summed E-state index contributed by atoms with van der Waals surface area (Å²) in [6.45, 7) is 0. The molecule has 4 aromatic heterocycles. The third-order valence-corrected chi connectivity index (χ3v) is 7.48. The van der Waals surface area contributed by atoms with Gasteiger partial charge in [0.2, 0.25) is 5.28 Å². The van der Waals surface area contributed by atoms with E-state index in [-0.39, 0.29) is 5.28 Å². The summed E-state index contributed by atoms with van der Waals surface area (Å²) in [6.07, 6.45) is 1.80. The van der Waals surface area contributed by atoms with Crippen molar-refractivity contribution < 1.29 is 4.42 Å². The molecule has 0 spiro atoms. The molecule has 0 amide bonds. The number of aromatic nitrogens is 5. The minimum atomic E-state index is 0.170. The summed E-state index contributed by atoms with van der Waals surface area (Å²) in [4.78, 5) is 23.5. The van der Waals surface area contributed by atoms with Gasteiger partial charge in [-0.15, -0.1) is 0 Å². The molecule has 8 rings (SSSR count). The second kappa shape index (κ2) is 9.87. The van der Waals surface area contributed by atoms with Gasteiger partial charge in [-0.05, 0) is 48.0 Å². The van der Waals surface area contributed by atoms with E-state index in [0.29, 0.717) is 22.6 Å². The minimum absolute atomic E-state index is 0.170. The van der Waals surface area contributed by atoms with E-state index in [9.17, 15) is 0 Å². The highest BCUT2D eigenvalue weighted by Gasteiger charge is 2.17. The van der Waals surface area contributed by atoms with Crippen LogP contribution >= 0.6 is 11.6 Å². The molecule has 0 N–H and O–H groups in total. The third kappa shape index (κ3) is 4.17. The maximum Gasteiger partial charge on any atom is 0.223 e. The highest BCUT2D eigenvalue weighted by molar-refractivity contribution is 6.29. The number of hydrogen-bond donors (Lipinski definition) is 0. The van der Waals surface area contributed by atoms with Crippen LogP contribution in [-0.2, 0) is 0 Å². The van der Waals surface area contributed by atoms with Crippen molar-refractivity contribution in [1.82, 2.24) is 24.9 Å². The van der Waals surface area contributed by atoms with Crippen LogP contribution < -0.4 is 0 Å². The van der Waals surface area contributed by atoms with Crippen molar-refractivity contribution in [3.05, 3.63) is 127 Å². The summed E-state index contributed by atoms with van der Waals surface area (Å²) in [5.41, 5.74) is 9.09. The Labute approximate surface area is 245 Å². The topological polar surface area (TPSA) is 77.6 Å². The van der Waals surface area contributed by atoms with Gasteiger partial charge in [0.15, 0.2) is 11.4 Å². The van der Waals surface area contributed by atoms with Gasteiger partial charge in [-0.3, -0.25) is 4.98 Å². The zero-order valence-corrected chi connectivity index (χ0v) is 22.8. The molecule has 0 bridgehead atoms. The average Bonchev–Trinajstić information content (AvgIpc) is 3.43. The van der Waals surface area contributed by atoms with Crippen LogP contribution in [0.15, 0.2) is 126 Å². The number of nitrogens with zero attached hydrogens (tertiary/aromatic N) is 5. The Bertz CT molecular complexity index is 2260. The van der Waals surface area contributed by atoms with E-state index in [1.165, 1.54) is 0 Å². The molecule has 0 unspecified atom stereocenters. The van der Waals surface area contributed by atoms with Crippen molar-refractivity contribution in [1.29, 1.82) is 0 Å². The van der Waals surface area contributed by atoms with Gasteiger partial charge in [-0.1, -0.05) is 78.9 Å². The fourth-order valence-corrected chi connectivity index (χ4v) is 5.49. The van der Waals surface area contributed by atoms with Gasteiger partial charge in [-0.25, -0.2) is 19.9 Å². The maximum atomic E-state index is 6.35. The van der Waals surface area contributed by atoms with Crippen molar-refractivity contribution in [3.8, 4) is 45.2 Å². The van der Waals surface area contributed by atoms with E-state index in [2.05, 4.69) is 39.2 Å². The molecule has 4 heterocycles. The van der Waals surface area contributed by atoms with E-state index < -0.39 is 0 Å². The third-order valence-electron chi connectivity index (χ3n) is 7.31. The van der Waals surface area contributed by atoms with Crippen LogP contribution in [0.1, 0.15) is 0 Å². The fraction of sp³-hybridized carbons (Fsp3) is 0. The van der Waals surface area contributed by atoms with Crippen molar-refractivity contribution in [2.24, 2.45) is 0 Å². The number of pyridine rings is 1. The molecule has 4 aromatic carbocycles. The predicted molar refractivity (Wildman–Crippen MR) is 167 cm³/mol. The molecule has 6 nitrogen and oxygen atoms in total. The molecule has 0 saturated heterocycles. The highest BCUT2D eigenvalue weighted by atomic mass is 35.5. The van der Waals surface area contributed by atoms with Crippen LogP contribution in [0.25, 0.3) is 78.1 Å². The zero-order chi connectivity index (χ0) is 28.0. The van der Waals surface area contributed by atoms with Crippen molar-refractivity contribution >= 4 is 44.6 Å². The fourth-order valence-electron chi connectivity index (χ4n) is 5.32. The first-order valence-corrected chi connectivity index (χ1v) is 13.8. The molecule has 0 saturated carbocycles. The standard InChI is InChI=1S/C35H20ClN5O/c36-35-40-31(33-32(41-35)26-11-2-4-14-29(26)42-33)21-15-17-22(18-16-21)34-38-28-13-3-1-10-25(28)30(39-34)24-9-7-8-23(20-24)27-12-5-6-19-37-27/h1-20H. The van der Waals surface area contributed by atoms with Crippen molar-refractivity contribution in [2.45, 2.75) is 0 Å². The first-order chi connectivity index (χ1) is 20.7. The van der Waals surface area contributed by atoms with Gasteiger partial charge < -0.3 is 4.42 Å². The largest absolute Gasteiger partial charge is 0.452 e. The molecular weight excluding hydrogens is 542 g/mol. The lowest BCUT2D eigenvalue weighted by atomic mass is 10.0. The number of rotatable bonds is 4. The molecule has 0 aliphatic heterocycles. The first kappa shape index (κ1) is 24.3. The number of halogens is 1. The van der Waals surface area contributed by atoms with E-state index in [1.807, 2.05) is 91.0 Å². The molecule has 0 aliphatic carbocycles. The molecule has 7 heteroatoms. The second-order valence-corrected chi connectivity index (χ2v) is 10.2. The summed E-state index contributed by atoms with van der Waals surface area (Å²) in [6, 6.07) is 38.0. The Balaban J connectivity index is 1.24. The summed E-state index contributed by atoms with van der Waals surface area (Å²) >= 11 is 6.35. The van der Waals surface area contributed by atoms with Crippen molar-refractivity contribution in [2.75, 3.05) is 0 Å². The normalized spacial score (nSPS) is 11.5. The number of para-hydroxylation sites is 2. The quantitative estimate of drug-likeness (QED) is 0.199. The summed E-state index contributed by atoms with van der Waals surface area (Å²) < 4.78 is 6.15. The SMILES string of the molecule is Clc1nc(-c2ccc(-c3nc(-c4cccc(-c5ccccn5)c4)c4ccccc4n3)cc2)c2oc3ccccc3c2n1. The van der Waals surface area contributed by atoms with E-state index in [1.54, 1.807) is 6.20 Å². The number of hydrogen-bond acceptors (Lipinski definition) is 6. The van der Waals surface area contributed by atoms with Crippen LogP contribution in [0.5, 0.6) is 0 Å². The van der Waals surface area contributed by atoms with E-state index in [4.69, 9.17) is 26.0 Å². The van der Waals surface area contributed by atoms with Crippen LogP contribution in [0.3, 0.4) is 0 Å². The van der Waals surface area contributed by atoms with Gasteiger partial charge in [0.25, 0.3) is 0 Å². The van der Waals surface area contributed by atoms with Crippen LogP contribution in [0.2, 0.25) is 5.28 Å². The van der Waals surface area contributed by atoms with Gasteiger partial charge in [0, 0.05) is 39.2 Å². The number of furan rings is 1. The van der Waals surface area contributed by atoms with E-state index >= 15 is 0 Å². The Morgan fingerprint density at radius 2 is 1.31 bits per heavy atom. The lowest BCUT2D eigenvalue weighted by Gasteiger charge is -2.11. The van der Waals surface area contributed by atoms with Gasteiger partial charge >= 0.3 is 0 Å². The lowest BCUT2D eigenvalue weighted by molar-refractivity contribution is 0.667. The Hall–Kier alpha value is -5.46. The van der Waals surface area contributed by atoms with Crippen LogP contribution in [0.4, 0.5) is 0 Å². The summed E-state index contributed by atoms with van der Waals surface area (Å²) in [5.74, 6) is 0.632. The Morgan fingerprint density at radius 1 is 0.548 bits per heavy atom. The number of fused-ring (bicyclic) bond motifs is 4. The van der Waals surface area contributed by atoms with Gasteiger partial charge in [0.05, 0.1) is 16.9 Å². The average molecular weight is 562 g/mol. The summed E-state index contributed by atoms with van der Waals surface area (Å²) in [7, 11) is 0. The van der Waals surface area contributed by atoms with E-state index in [0.717, 1.165) is 55.5 Å². The minimum Gasteiger partial charge on any atom is -0.452 e. The van der Waals surface area contributed by atoms with Crippen molar-refractivity contribution in [3.63, 3.8) is 0 Å². The molecule has 0 aliphatic rings. The molecule has 8 aromatic rings. The second-order valence-electron chi connectivity index (χ2n) is 9.90. The zero-order valence-electron chi connectivity index (χ0n) is 22.1. The lowest BCUT2D eigenvalue weighted by Crippen LogP contribution is -1.96. The number of benzene rings is 4. The van der Waals surface area contributed by atoms with Crippen LogP contribution in [0, 0.1) is 0 Å². The smallest absolute Gasteiger partial charge is 0.223 e. The van der Waals surface area contributed by atoms with Gasteiger partial charge in [0.1, 0.15) is 16.8 Å². The van der Waals surface area contributed by atoms with Crippen LogP contribution in [-0.4, -0.2) is 24.9 Å². The molecule has 42 heavy (non-hydrogen) atoms. The molecule has 0 radical (unpaired) electrons. The molecule has 0 fully saturated rings. The Kier molecular flexibility index (Phi) is 5.72. The predicted octanol–water partition coefficient (Wildman–Crippen LogP) is 9.04. The first-order valence-electron chi connectivity index (χ1n) is 13.5. The maximum absolute atomic E-state index is 6.35. The molecular formula is C35H20ClN5O. The highest BCUT2D eigenvalue weighted by Crippen LogP contribution is 2.36. The Morgan fingerprint density at radius 3 is 2.17 bits per heavy atom. The monoisotopic (exact) mass is 561 g/mol. The molecule has 0 atom stereocenters. The van der Waals surface area contributed by atoms with Gasteiger partial charge in [-0.2, -0.15) is 0 Å². The summed E-state index contributed by atoms with van der Waals surface area (Å²) in [5, 5.41) is 2.06. The molecule has 198 valence electrons.